The van der Waals surface area contributed by atoms with E-state index < -0.39 is 0 Å². The van der Waals surface area contributed by atoms with Crippen LogP contribution in [0.1, 0.15) is 77.6 Å². The van der Waals surface area contributed by atoms with Gasteiger partial charge in [0.25, 0.3) is 0 Å². The van der Waals surface area contributed by atoms with E-state index in [9.17, 15) is 4.79 Å². The smallest absolute Gasteiger partial charge is 0.222 e. The molecule has 0 aromatic heterocycles. The summed E-state index contributed by atoms with van der Waals surface area (Å²) in [5.41, 5.74) is 0.0641. The van der Waals surface area contributed by atoms with Gasteiger partial charge in [0.15, 0.2) is 0 Å². The predicted octanol–water partition coefficient (Wildman–Crippen LogP) is 3.38. The molecule has 0 aromatic rings. The number of nitrogens with one attached hydrogen (secondary N) is 2. The first-order chi connectivity index (χ1) is 9.65. The Morgan fingerprint density at radius 3 is 2.30 bits per heavy atom. The van der Waals surface area contributed by atoms with E-state index in [4.69, 9.17) is 0 Å². The highest BCUT2D eigenvalue weighted by molar-refractivity contribution is 5.77. The second-order valence-electron chi connectivity index (χ2n) is 7.02. The third-order valence-corrected chi connectivity index (χ3v) is 5.59. The van der Waals surface area contributed by atoms with Crippen LogP contribution in [-0.4, -0.2) is 24.5 Å². The summed E-state index contributed by atoms with van der Waals surface area (Å²) in [6.07, 6.45) is 13.4. The maximum atomic E-state index is 12.4. The summed E-state index contributed by atoms with van der Waals surface area (Å²) in [4.78, 5) is 12.4. The number of carbonyl (C=O) groups is 1. The van der Waals surface area contributed by atoms with Crippen LogP contribution >= 0.6 is 0 Å². The van der Waals surface area contributed by atoms with Crippen molar-refractivity contribution in [3.05, 3.63) is 0 Å². The molecule has 20 heavy (non-hydrogen) atoms. The maximum Gasteiger partial charge on any atom is 0.222 e. The lowest BCUT2D eigenvalue weighted by atomic mass is 9.79. The summed E-state index contributed by atoms with van der Waals surface area (Å²) in [5.74, 6) is 0.948. The molecule has 2 saturated carbocycles. The lowest BCUT2D eigenvalue weighted by Crippen LogP contribution is -2.50. The van der Waals surface area contributed by atoms with Crippen LogP contribution in [0.3, 0.4) is 0 Å². The maximum absolute atomic E-state index is 12.4. The van der Waals surface area contributed by atoms with E-state index in [1.54, 1.807) is 0 Å². The van der Waals surface area contributed by atoms with Gasteiger partial charge in [0, 0.05) is 18.0 Å². The molecule has 3 nitrogen and oxygen atoms in total. The highest BCUT2D eigenvalue weighted by Gasteiger charge is 2.33. The zero-order chi connectivity index (χ0) is 14.4. The Kier molecular flexibility index (Phi) is 5.88. The molecule has 2 fully saturated rings. The second-order valence-corrected chi connectivity index (χ2v) is 7.02. The third-order valence-electron chi connectivity index (χ3n) is 5.59. The molecular weight excluding hydrogens is 248 g/mol. The van der Waals surface area contributed by atoms with E-state index in [0.717, 1.165) is 12.8 Å². The summed E-state index contributed by atoms with van der Waals surface area (Å²) < 4.78 is 0. The molecule has 0 bridgehead atoms. The number of amides is 1. The van der Waals surface area contributed by atoms with E-state index >= 15 is 0 Å². The van der Waals surface area contributed by atoms with Crippen molar-refractivity contribution in [2.45, 2.75) is 89.1 Å². The van der Waals surface area contributed by atoms with Crippen molar-refractivity contribution in [2.24, 2.45) is 5.92 Å². The zero-order valence-electron chi connectivity index (χ0n) is 13.3. The van der Waals surface area contributed by atoms with Crippen LogP contribution in [0.15, 0.2) is 0 Å². The van der Waals surface area contributed by atoms with Gasteiger partial charge in [-0.3, -0.25) is 4.79 Å². The number of rotatable bonds is 5. The Balaban J connectivity index is 1.81. The van der Waals surface area contributed by atoms with Gasteiger partial charge in [-0.2, -0.15) is 0 Å². The van der Waals surface area contributed by atoms with Crippen molar-refractivity contribution in [3.8, 4) is 0 Å². The average molecular weight is 280 g/mol. The zero-order valence-corrected chi connectivity index (χ0v) is 13.3. The highest BCUT2D eigenvalue weighted by Crippen LogP contribution is 2.31. The van der Waals surface area contributed by atoms with Gasteiger partial charge in [0.1, 0.15) is 0 Å². The standard InChI is InChI=1S/C17H32N2O/c1-14(15-9-5-3-6-10-15)19-16(20)13-17(18-2)11-7-4-8-12-17/h14-15,18H,3-13H2,1-2H3,(H,19,20)/t14-/m1/s1. The molecule has 2 N–H and O–H groups in total. The monoisotopic (exact) mass is 280 g/mol. The fourth-order valence-corrected chi connectivity index (χ4v) is 4.11. The van der Waals surface area contributed by atoms with Crippen LogP contribution in [0.2, 0.25) is 0 Å². The molecule has 0 spiro atoms. The van der Waals surface area contributed by atoms with Gasteiger partial charge in [-0.25, -0.2) is 0 Å². The molecule has 0 unspecified atom stereocenters. The molecule has 1 atom stereocenters. The lowest BCUT2D eigenvalue weighted by Gasteiger charge is -2.37. The summed E-state index contributed by atoms with van der Waals surface area (Å²) in [7, 11) is 2.02. The van der Waals surface area contributed by atoms with Gasteiger partial charge in [-0.1, -0.05) is 38.5 Å². The third kappa shape index (κ3) is 4.21. The first-order valence-corrected chi connectivity index (χ1v) is 8.63. The topological polar surface area (TPSA) is 41.1 Å². The predicted molar refractivity (Wildman–Crippen MR) is 83.7 cm³/mol. The van der Waals surface area contributed by atoms with E-state index in [2.05, 4.69) is 17.6 Å². The van der Waals surface area contributed by atoms with Crippen molar-refractivity contribution in [1.29, 1.82) is 0 Å². The summed E-state index contributed by atoms with van der Waals surface area (Å²) >= 11 is 0. The number of hydrogen-bond acceptors (Lipinski definition) is 2. The minimum absolute atomic E-state index is 0.0641. The van der Waals surface area contributed by atoms with Gasteiger partial charge in [0.05, 0.1) is 0 Å². The molecule has 0 aromatic carbocycles. The lowest BCUT2D eigenvalue weighted by molar-refractivity contribution is -0.124. The molecule has 116 valence electrons. The molecule has 0 saturated heterocycles. The molecule has 2 rings (SSSR count). The molecular formula is C17H32N2O. The van der Waals surface area contributed by atoms with Crippen LogP contribution in [0.4, 0.5) is 0 Å². The van der Waals surface area contributed by atoms with E-state index in [1.807, 2.05) is 7.05 Å². The first kappa shape index (κ1) is 15.8. The normalized spacial score (nSPS) is 25.1. The van der Waals surface area contributed by atoms with Gasteiger partial charge < -0.3 is 10.6 Å². The Morgan fingerprint density at radius 2 is 1.70 bits per heavy atom. The van der Waals surface area contributed by atoms with Crippen molar-refractivity contribution in [1.82, 2.24) is 10.6 Å². The van der Waals surface area contributed by atoms with E-state index in [0.29, 0.717) is 18.4 Å². The largest absolute Gasteiger partial charge is 0.353 e. The van der Waals surface area contributed by atoms with Gasteiger partial charge in [-0.05, 0) is 45.6 Å². The Bertz CT molecular complexity index is 304. The molecule has 0 aliphatic heterocycles. The number of carbonyl (C=O) groups excluding carboxylic acids is 1. The average Bonchev–Trinajstić information content (AvgIpc) is 2.49. The Labute approximate surface area is 124 Å². The first-order valence-electron chi connectivity index (χ1n) is 8.63. The van der Waals surface area contributed by atoms with E-state index in [-0.39, 0.29) is 11.4 Å². The Morgan fingerprint density at radius 1 is 1.10 bits per heavy atom. The quantitative estimate of drug-likeness (QED) is 0.810. The van der Waals surface area contributed by atoms with Crippen LogP contribution in [0.5, 0.6) is 0 Å². The van der Waals surface area contributed by atoms with Crippen LogP contribution in [0.25, 0.3) is 0 Å². The van der Waals surface area contributed by atoms with Crippen LogP contribution in [0, 0.1) is 5.92 Å². The van der Waals surface area contributed by atoms with Crippen molar-refractivity contribution >= 4 is 5.91 Å². The Hall–Kier alpha value is -0.570. The minimum Gasteiger partial charge on any atom is -0.353 e. The fraction of sp³-hybridized carbons (Fsp3) is 0.941. The SMILES string of the molecule is CNC1(CC(=O)N[C@H](C)C2CCCCC2)CCCCC1. The van der Waals surface area contributed by atoms with Gasteiger partial charge in [0.2, 0.25) is 5.91 Å². The fourth-order valence-electron chi connectivity index (χ4n) is 4.11. The second kappa shape index (κ2) is 7.44. The minimum atomic E-state index is 0.0641. The summed E-state index contributed by atoms with van der Waals surface area (Å²) in [6, 6.07) is 0.347. The van der Waals surface area contributed by atoms with E-state index in [1.165, 1.54) is 51.4 Å². The summed E-state index contributed by atoms with van der Waals surface area (Å²) in [5, 5.41) is 6.72. The van der Waals surface area contributed by atoms with Crippen molar-refractivity contribution in [3.63, 3.8) is 0 Å². The van der Waals surface area contributed by atoms with Crippen molar-refractivity contribution in [2.75, 3.05) is 7.05 Å². The molecule has 3 heteroatoms. The highest BCUT2D eigenvalue weighted by atomic mass is 16.1. The van der Waals surface area contributed by atoms with Gasteiger partial charge in [-0.15, -0.1) is 0 Å². The molecule has 0 heterocycles. The molecule has 0 radical (unpaired) electrons. The summed E-state index contributed by atoms with van der Waals surface area (Å²) in [6.45, 7) is 2.20. The van der Waals surface area contributed by atoms with Crippen LogP contribution in [-0.2, 0) is 4.79 Å². The number of hydrogen-bond donors (Lipinski definition) is 2. The van der Waals surface area contributed by atoms with Crippen molar-refractivity contribution < 1.29 is 4.79 Å². The van der Waals surface area contributed by atoms with Gasteiger partial charge >= 0.3 is 0 Å². The molecule has 2 aliphatic rings. The van der Waals surface area contributed by atoms with Crippen LogP contribution < -0.4 is 10.6 Å². The molecule has 1 amide bonds. The molecule has 2 aliphatic carbocycles.